The van der Waals surface area contributed by atoms with Crippen molar-refractivity contribution in [2.24, 2.45) is 0 Å². The Morgan fingerprint density at radius 1 is 0.727 bits per heavy atom. The van der Waals surface area contributed by atoms with Crippen molar-refractivity contribution in [1.82, 2.24) is 0 Å². The first-order chi connectivity index (χ1) is 9.99. The Bertz CT molecular complexity index is 637. The van der Waals surface area contributed by atoms with Gasteiger partial charge in [0.05, 0.1) is 0 Å². The summed E-state index contributed by atoms with van der Waals surface area (Å²) in [5.41, 5.74) is 7.81. The smallest absolute Gasteiger partial charge is 0.214 e. The molecule has 0 fully saturated rings. The van der Waals surface area contributed by atoms with Crippen LogP contribution in [0.2, 0.25) is 0 Å². The summed E-state index contributed by atoms with van der Waals surface area (Å²) >= 11 is 0. The minimum atomic E-state index is -4.94. The van der Waals surface area contributed by atoms with Crippen molar-refractivity contribution in [3.05, 3.63) is 58.4 Å². The number of pyridine rings is 1. The van der Waals surface area contributed by atoms with Crippen molar-refractivity contribution in [2.45, 2.75) is 34.6 Å². The second-order valence-corrected chi connectivity index (χ2v) is 6.07. The number of nitrogens with zero attached hydrogens (tertiary/aromatic N) is 1. The number of aryl methyl sites for hydroxylation is 5. The zero-order valence-electron chi connectivity index (χ0n) is 13.3. The first kappa shape index (κ1) is 18.5. The van der Waals surface area contributed by atoms with Gasteiger partial charge in [-0.3, -0.25) is 0 Å². The Kier molecular flexibility index (Phi) is 6.05. The summed E-state index contributed by atoms with van der Waals surface area (Å²) < 4.78 is 36.3. The highest BCUT2D eigenvalue weighted by Gasteiger charge is 2.16. The summed E-state index contributed by atoms with van der Waals surface area (Å²) in [5.74, 6) is 0. The lowest BCUT2D eigenvalue weighted by atomic mass is 10.1. The van der Waals surface area contributed by atoms with Crippen molar-refractivity contribution < 1.29 is 33.4 Å². The maximum atomic E-state index is 8.49. The van der Waals surface area contributed by atoms with Gasteiger partial charge < -0.3 is 0 Å². The highest BCUT2D eigenvalue weighted by Crippen LogP contribution is 2.13. The molecule has 0 unspecified atom stereocenters. The second-order valence-electron chi connectivity index (χ2n) is 5.32. The molecule has 0 aliphatic rings. The van der Waals surface area contributed by atoms with Crippen LogP contribution in [0.3, 0.4) is 0 Å². The van der Waals surface area contributed by atoms with Crippen LogP contribution < -0.4 is 23.2 Å². The molecule has 0 saturated heterocycles. The molecular formula is C16H20ClNO4. The van der Waals surface area contributed by atoms with E-state index in [-0.39, 0.29) is 0 Å². The van der Waals surface area contributed by atoms with Crippen molar-refractivity contribution in [1.29, 1.82) is 0 Å². The van der Waals surface area contributed by atoms with E-state index in [1.165, 1.54) is 33.8 Å². The van der Waals surface area contributed by atoms with Crippen LogP contribution in [-0.2, 0) is 0 Å². The van der Waals surface area contributed by atoms with Crippen LogP contribution in [0.1, 0.15) is 28.1 Å². The summed E-state index contributed by atoms with van der Waals surface area (Å²) in [5, 5.41) is 0. The quantitative estimate of drug-likeness (QED) is 0.612. The number of halogens is 1. The minimum Gasteiger partial charge on any atom is -0.222 e. The number of benzene rings is 1. The van der Waals surface area contributed by atoms with Crippen LogP contribution in [0.4, 0.5) is 0 Å². The topological polar surface area (TPSA) is 96.1 Å². The van der Waals surface area contributed by atoms with Gasteiger partial charge in [0.1, 0.15) is 0 Å². The lowest BCUT2D eigenvalue weighted by molar-refractivity contribution is -2.00. The largest absolute Gasteiger partial charge is 0.222 e. The fourth-order valence-electron chi connectivity index (χ4n) is 2.54. The van der Waals surface area contributed by atoms with Crippen LogP contribution in [0, 0.1) is 44.9 Å². The molecule has 5 nitrogen and oxygen atoms in total. The van der Waals surface area contributed by atoms with Gasteiger partial charge in [0, 0.05) is 37.6 Å². The van der Waals surface area contributed by atoms with Crippen molar-refractivity contribution in [2.75, 3.05) is 0 Å². The van der Waals surface area contributed by atoms with E-state index in [0.29, 0.717) is 0 Å². The van der Waals surface area contributed by atoms with E-state index in [1.54, 1.807) is 0 Å². The van der Waals surface area contributed by atoms with Gasteiger partial charge in [-0.1, -0.05) is 11.6 Å². The molecule has 120 valence electrons. The number of rotatable bonds is 1. The Morgan fingerprint density at radius 3 is 1.59 bits per heavy atom. The summed E-state index contributed by atoms with van der Waals surface area (Å²) in [7, 11) is -4.94. The highest BCUT2D eigenvalue weighted by atomic mass is 35.7. The molecule has 6 heteroatoms. The molecule has 22 heavy (non-hydrogen) atoms. The van der Waals surface area contributed by atoms with E-state index >= 15 is 0 Å². The summed E-state index contributed by atoms with van der Waals surface area (Å²) in [4.78, 5) is 0. The Labute approximate surface area is 132 Å². The van der Waals surface area contributed by atoms with Crippen molar-refractivity contribution >= 4 is 0 Å². The monoisotopic (exact) mass is 325 g/mol. The highest BCUT2D eigenvalue weighted by molar-refractivity contribution is 5.36. The molecule has 1 aromatic carbocycles. The van der Waals surface area contributed by atoms with E-state index in [2.05, 4.69) is 69.5 Å². The van der Waals surface area contributed by atoms with Crippen LogP contribution in [0.25, 0.3) is 5.69 Å². The summed E-state index contributed by atoms with van der Waals surface area (Å²) in [6.07, 6.45) is 0. The predicted octanol–water partition coefficient (Wildman–Crippen LogP) is -1.25. The molecule has 0 aliphatic carbocycles. The first-order valence-electron chi connectivity index (χ1n) is 6.68. The number of hydrogen-bond acceptors (Lipinski definition) is 4. The standard InChI is InChI=1S/C16H20N.ClHO4/c1-11-6-7-16(13(3)8-11)17-14(4)9-12(2)10-15(17)5;2-1(3,4)5/h6-10H,1-5H3;(H,2,3,4,5)/q+1;/p-1. The van der Waals surface area contributed by atoms with Crippen molar-refractivity contribution in [3.63, 3.8) is 0 Å². The maximum Gasteiger partial charge on any atom is 0.214 e. The van der Waals surface area contributed by atoms with Gasteiger partial charge in [0.2, 0.25) is 5.69 Å². The lowest BCUT2D eigenvalue weighted by Crippen LogP contribution is -2.68. The molecule has 0 N–H and O–H groups in total. The maximum absolute atomic E-state index is 8.49. The second kappa shape index (κ2) is 7.17. The molecule has 0 radical (unpaired) electrons. The van der Waals surface area contributed by atoms with Gasteiger partial charge in [-0.25, -0.2) is 18.6 Å². The zero-order valence-corrected chi connectivity index (χ0v) is 14.1. The van der Waals surface area contributed by atoms with Gasteiger partial charge in [-0.15, -0.1) is 10.2 Å². The third-order valence-corrected chi connectivity index (χ3v) is 3.17. The molecular weight excluding hydrogens is 306 g/mol. The van der Waals surface area contributed by atoms with E-state index in [1.807, 2.05) is 0 Å². The van der Waals surface area contributed by atoms with Crippen LogP contribution in [-0.4, -0.2) is 0 Å². The molecule has 1 aromatic heterocycles. The lowest BCUT2D eigenvalue weighted by Gasteiger charge is -2.17. The third kappa shape index (κ3) is 5.71. The number of hydrogen-bond donors (Lipinski definition) is 0. The SMILES string of the molecule is Cc1ccc(-[n+]2c(C)cc(C)cc2C)c(C)c1.[O-][Cl+3]([O-])([O-])[O-]. The molecule has 2 rings (SSSR count). The summed E-state index contributed by atoms with van der Waals surface area (Å²) in [6, 6.07) is 11.1. The fraction of sp³-hybridized carbons (Fsp3) is 0.312. The molecule has 0 atom stereocenters. The fourth-order valence-corrected chi connectivity index (χ4v) is 2.54. The molecule has 0 bridgehead atoms. The molecule has 0 aliphatic heterocycles. The predicted molar refractivity (Wildman–Crippen MR) is 71.7 cm³/mol. The average molecular weight is 326 g/mol. The molecule has 0 amide bonds. The van der Waals surface area contributed by atoms with E-state index in [0.717, 1.165) is 0 Å². The van der Waals surface area contributed by atoms with Crippen molar-refractivity contribution in [3.8, 4) is 5.69 Å². The van der Waals surface area contributed by atoms with Gasteiger partial charge in [0.15, 0.2) is 11.4 Å². The van der Waals surface area contributed by atoms with E-state index in [4.69, 9.17) is 18.6 Å². The Morgan fingerprint density at radius 2 is 1.18 bits per heavy atom. The van der Waals surface area contributed by atoms with E-state index < -0.39 is 10.2 Å². The van der Waals surface area contributed by atoms with Gasteiger partial charge in [-0.05, 0) is 32.4 Å². The minimum absolute atomic E-state index is 1.28. The van der Waals surface area contributed by atoms with Crippen LogP contribution in [0.15, 0.2) is 30.3 Å². The van der Waals surface area contributed by atoms with Gasteiger partial charge in [0.25, 0.3) is 0 Å². The normalized spacial score (nSPS) is 11.0. The average Bonchev–Trinajstić information content (AvgIpc) is 2.28. The molecule has 0 spiro atoms. The van der Waals surface area contributed by atoms with Gasteiger partial charge >= 0.3 is 0 Å². The van der Waals surface area contributed by atoms with Gasteiger partial charge in [-0.2, -0.15) is 4.57 Å². The van der Waals surface area contributed by atoms with Crippen LogP contribution in [0.5, 0.6) is 0 Å². The van der Waals surface area contributed by atoms with E-state index in [9.17, 15) is 0 Å². The third-order valence-electron chi connectivity index (χ3n) is 3.17. The number of aromatic nitrogens is 1. The molecule has 0 saturated carbocycles. The first-order valence-corrected chi connectivity index (χ1v) is 7.92. The Balaban J connectivity index is 0.000000422. The molecule has 2 aromatic rings. The zero-order chi connectivity index (χ0) is 17.1. The van der Waals surface area contributed by atoms with Crippen LogP contribution >= 0.6 is 0 Å². The molecule has 1 heterocycles. The summed E-state index contributed by atoms with van der Waals surface area (Å²) in [6.45, 7) is 10.8. The Hall–Kier alpha value is -1.50.